The second-order valence-electron chi connectivity index (χ2n) is 11.7. The number of rotatable bonds is 8. The molecule has 0 atom stereocenters. The normalized spacial score (nSPS) is 11.4. The van der Waals surface area contributed by atoms with Gasteiger partial charge in [-0.25, -0.2) is 18.7 Å². The van der Waals surface area contributed by atoms with E-state index in [0.29, 0.717) is 56.4 Å². The molecule has 0 radical (unpaired) electrons. The lowest BCUT2D eigenvalue weighted by molar-refractivity contribution is 0.613. The molecule has 8 rings (SSSR count). The highest BCUT2D eigenvalue weighted by Gasteiger charge is 2.16. The van der Waals surface area contributed by atoms with Gasteiger partial charge in [0.05, 0.1) is 41.7 Å². The summed E-state index contributed by atoms with van der Waals surface area (Å²) in [6.45, 7) is 3.90. The summed E-state index contributed by atoms with van der Waals surface area (Å²) in [5, 5.41) is 15.8. The molecule has 12 nitrogen and oxygen atoms in total. The zero-order valence-electron chi connectivity index (χ0n) is 27.1. The molecule has 0 aliphatic carbocycles. The quantitative estimate of drug-likeness (QED) is 0.173. The first kappa shape index (κ1) is 30.6. The summed E-state index contributed by atoms with van der Waals surface area (Å²) < 4.78 is 33.6. The number of anilines is 4. The standard InChI is InChI=1S/C36H28F2N12/c1-20-4-5-25(37)33(44-20)29-15-23(6-10-39-29)46-27-8-12-42-32-19-50(48-35(27)32)18-22-14-26(38)34(45-21(22)2)30-16-24(7-11-40-30)47-28-9-13-41-31-17-43-49(3)36(28)31/h4-17,19H,18H2,1-3H3,(H,39,46)(H,40,41,47). The molecule has 0 aromatic carbocycles. The molecule has 246 valence electrons. The van der Waals surface area contributed by atoms with E-state index in [-0.39, 0.29) is 17.9 Å². The van der Waals surface area contributed by atoms with Gasteiger partial charge in [-0.2, -0.15) is 10.2 Å². The van der Waals surface area contributed by atoms with Crippen molar-refractivity contribution in [3.8, 4) is 22.8 Å². The van der Waals surface area contributed by atoms with Crippen LogP contribution in [0.5, 0.6) is 0 Å². The first-order valence-corrected chi connectivity index (χ1v) is 15.6. The molecule has 0 amide bonds. The molecule has 0 aliphatic rings. The van der Waals surface area contributed by atoms with Crippen molar-refractivity contribution in [2.24, 2.45) is 7.05 Å². The number of aryl methyl sites for hydroxylation is 3. The Labute approximate surface area is 284 Å². The van der Waals surface area contributed by atoms with Crippen LogP contribution in [0.25, 0.3) is 44.8 Å². The average Bonchev–Trinajstić information content (AvgIpc) is 3.71. The van der Waals surface area contributed by atoms with Crippen LogP contribution in [0.3, 0.4) is 0 Å². The zero-order valence-corrected chi connectivity index (χ0v) is 27.1. The van der Waals surface area contributed by atoms with Crippen molar-refractivity contribution in [3.05, 3.63) is 120 Å². The molecule has 2 N–H and O–H groups in total. The first-order chi connectivity index (χ1) is 24.3. The van der Waals surface area contributed by atoms with Gasteiger partial charge in [-0.15, -0.1) is 0 Å². The number of pyridine rings is 6. The predicted molar refractivity (Wildman–Crippen MR) is 186 cm³/mol. The van der Waals surface area contributed by atoms with Crippen molar-refractivity contribution in [1.82, 2.24) is 49.5 Å². The van der Waals surface area contributed by atoms with Gasteiger partial charge < -0.3 is 10.6 Å². The van der Waals surface area contributed by atoms with E-state index in [2.05, 4.69) is 45.6 Å². The van der Waals surface area contributed by atoms with Crippen molar-refractivity contribution < 1.29 is 8.78 Å². The van der Waals surface area contributed by atoms with Gasteiger partial charge in [0.25, 0.3) is 0 Å². The maximum atomic E-state index is 15.7. The SMILES string of the molecule is Cc1ccc(F)c(-c2cc(Nc3ccnc4cn(Cc5cc(F)c(-c6cc(Nc7ccnc8cnn(C)c78)ccn6)nc5C)nc34)ccn2)n1. The van der Waals surface area contributed by atoms with Gasteiger partial charge in [0, 0.05) is 54.6 Å². The highest BCUT2D eigenvalue weighted by Crippen LogP contribution is 2.30. The lowest BCUT2D eigenvalue weighted by atomic mass is 10.1. The van der Waals surface area contributed by atoms with Crippen molar-refractivity contribution in [2.75, 3.05) is 10.6 Å². The fourth-order valence-corrected chi connectivity index (χ4v) is 5.79. The van der Waals surface area contributed by atoms with E-state index in [9.17, 15) is 4.39 Å². The van der Waals surface area contributed by atoms with Crippen LogP contribution in [0, 0.1) is 25.5 Å². The number of halogens is 2. The summed E-state index contributed by atoms with van der Waals surface area (Å²) in [5.74, 6) is -0.951. The van der Waals surface area contributed by atoms with Crippen LogP contribution in [-0.2, 0) is 13.6 Å². The Bertz CT molecular complexity index is 2560. The number of nitrogens with zero attached hydrogens (tertiary/aromatic N) is 10. The molecule has 0 fully saturated rings. The minimum absolute atomic E-state index is 0.145. The summed E-state index contributed by atoms with van der Waals surface area (Å²) >= 11 is 0. The maximum Gasteiger partial charge on any atom is 0.151 e. The average molecular weight is 667 g/mol. The van der Waals surface area contributed by atoms with Gasteiger partial charge >= 0.3 is 0 Å². The Morgan fingerprint density at radius 1 is 0.700 bits per heavy atom. The Balaban J connectivity index is 1.04. The van der Waals surface area contributed by atoms with Gasteiger partial charge in [-0.3, -0.25) is 29.3 Å². The highest BCUT2D eigenvalue weighted by molar-refractivity contribution is 5.90. The van der Waals surface area contributed by atoms with Crippen molar-refractivity contribution in [2.45, 2.75) is 20.4 Å². The molecule has 0 unspecified atom stereocenters. The molecule has 0 saturated heterocycles. The van der Waals surface area contributed by atoms with Gasteiger partial charge in [-0.1, -0.05) is 0 Å². The predicted octanol–water partition coefficient (Wildman–Crippen LogP) is 7.06. The Hall–Kier alpha value is -6.70. The molecule has 0 spiro atoms. The van der Waals surface area contributed by atoms with E-state index in [0.717, 1.165) is 16.7 Å². The zero-order chi connectivity index (χ0) is 34.4. The van der Waals surface area contributed by atoms with Gasteiger partial charge in [0.15, 0.2) is 11.6 Å². The van der Waals surface area contributed by atoms with Gasteiger partial charge in [0.1, 0.15) is 33.5 Å². The van der Waals surface area contributed by atoms with E-state index < -0.39 is 11.6 Å². The summed E-state index contributed by atoms with van der Waals surface area (Å²) in [5.41, 5.74) is 8.86. The van der Waals surface area contributed by atoms with E-state index >= 15 is 4.39 Å². The van der Waals surface area contributed by atoms with Crippen LogP contribution in [0.2, 0.25) is 0 Å². The van der Waals surface area contributed by atoms with Crippen molar-refractivity contribution in [3.63, 3.8) is 0 Å². The lowest BCUT2D eigenvalue weighted by Gasteiger charge is -2.12. The number of nitrogens with one attached hydrogen (secondary N) is 2. The van der Waals surface area contributed by atoms with Crippen molar-refractivity contribution >= 4 is 44.8 Å². The molecule has 8 aromatic rings. The second-order valence-corrected chi connectivity index (χ2v) is 11.7. The second kappa shape index (κ2) is 12.4. The smallest absolute Gasteiger partial charge is 0.151 e. The van der Waals surface area contributed by atoms with Crippen molar-refractivity contribution in [1.29, 1.82) is 0 Å². The van der Waals surface area contributed by atoms with Gasteiger partial charge in [-0.05, 0) is 74.0 Å². The van der Waals surface area contributed by atoms with E-state index in [1.165, 1.54) is 12.1 Å². The highest BCUT2D eigenvalue weighted by atomic mass is 19.1. The van der Waals surface area contributed by atoms with E-state index in [1.807, 2.05) is 20.0 Å². The van der Waals surface area contributed by atoms with E-state index in [4.69, 9.17) is 5.10 Å². The topological polar surface area (TPSA) is 137 Å². The third-order valence-electron chi connectivity index (χ3n) is 8.23. The van der Waals surface area contributed by atoms with Gasteiger partial charge in [0.2, 0.25) is 0 Å². The molecule has 0 saturated carbocycles. The molecule has 0 bridgehead atoms. The molecule has 50 heavy (non-hydrogen) atoms. The van der Waals surface area contributed by atoms with Crippen LogP contribution in [0.15, 0.2) is 91.8 Å². The molecular formula is C36H28F2N12. The molecule has 14 heteroatoms. The maximum absolute atomic E-state index is 15.7. The van der Waals surface area contributed by atoms with Crippen LogP contribution >= 0.6 is 0 Å². The molecule has 8 heterocycles. The third-order valence-corrected chi connectivity index (χ3v) is 8.23. The van der Waals surface area contributed by atoms with E-state index in [1.54, 1.807) is 89.9 Å². The summed E-state index contributed by atoms with van der Waals surface area (Å²) in [6, 6.07) is 15.2. The van der Waals surface area contributed by atoms with Crippen LogP contribution in [-0.4, -0.2) is 49.5 Å². The summed E-state index contributed by atoms with van der Waals surface area (Å²) in [4.78, 5) is 26.5. The van der Waals surface area contributed by atoms with Crippen LogP contribution in [0.1, 0.15) is 17.0 Å². The number of fused-ring (bicyclic) bond motifs is 2. The number of aromatic nitrogens is 10. The number of hydrogen-bond acceptors (Lipinski definition) is 10. The largest absolute Gasteiger partial charge is 0.354 e. The Morgan fingerprint density at radius 2 is 1.36 bits per heavy atom. The fourth-order valence-electron chi connectivity index (χ4n) is 5.79. The number of hydrogen-bond donors (Lipinski definition) is 2. The van der Waals surface area contributed by atoms with Crippen LogP contribution < -0.4 is 10.6 Å². The fraction of sp³-hybridized carbons (Fsp3) is 0.111. The summed E-state index contributed by atoms with van der Waals surface area (Å²) in [7, 11) is 1.85. The Morgan fingerprint density at radius 3 is 2.12 bits per heavy atom. The monoisotopic (exact) mass is 666 g/mol. The minimum atomic E-state index is -0.501. The Kier molecular flexibility index (Phi) is 7.59. The molecular weight excluding hydrogens is 638 g/mol. The first-order valence-electron chi connectivity index (χ1n) is 15.6. The molecule has 0 aliphatic heterocycles. The summed E-state index contributed by atoms with van der Waals surface area (Å²) in [6.07, 6.45) is 10.1. The third kappa shape index (κ3) is 5.83. The molecule has 8 aromatic heterocycles. The lowest BCUT2D eigenvalue weighted by Crippen LogP contribution is -2.06. The minimum Gasteiger partial charge on any atom is -0.354 e. The van der Waals surface area contributed by atoms with Crippen LogP contribution in [0.4, 0.5) is 31.5 Å².